The Kier molecular flexibility index (Phi) is 5.03. The quantitative estimate of drug-likeness (QED) is 0.743. The second kappa shape index (κ2) is 6.83. The van der Waals surface area contributed by atoms with Gasteiger partial charge in [0.2, 0.25) is 5.91 Å². The highest BCUT2D eigenvalue weighted by molar-refractivity contribution is 9.10. The lowest BCUT2D eigenvalue weighted by Gasteiger charge is -2.32. The van der Waals surface area contributed by atoms with E-state index in [4.69, 9.17) is 9.31 Å². The normalized spacial score (nSPS) is 19.2. The van der Waals surface area contributed by atoms with Crippen LogP contribution in [-0.4, -0.2) is 40.7 Å². The number of halogens is 1. The number of nitrogens with zero attached hydrogens (tertiary/aromatic N) is 1. The molecule has 1 aliphatic rings. The summed E-state index contributed by atoms with van der Waals surface area (Å²) in [4.78, 5) is 19.0. The van der Waals surface area contributed by atoms with Crippen LogP contribution in [-0.2, 0) is 14.1 Å². The molecule has 26 heavy (non-hydrogen) atoms. The van der Waals surface area contributed by atoms with Gasteiger partial charge in [0.15, 0.2) is 0 Å². The number of hydrogen-bond acceptors (Lipinski definition) is 4. The molecule has 0 radical (unpaired) electrons. The molecule has 8 heteroatoms. The van der Waals surface area contributed by atoms with E-state index in [1.54, 1.807) is 6.20 Å². The molecular formula is C18H23BBrN3O3. The van der Waals surface area contributed by atoms with E-state index >= 15 is 0 Å². The van der Waals surface area contributed by atoms with Gasteiger partial charge in [-0.3, -0.25) is 4.79 Å². The maximum Gasteiger partial charge on any atom is 0.492 e. The minimum Gasteiger partial charge on any atom is -0.400 e. The van der Waals surface area contributed by atoms with Crippen LogP contribution < -0.4 is 5.32 Å². The molecular weight excluding hydrogens is 397 g/mol. The van der Waals surface area contributed by atoms with Crippen molar-refractivity contribution in [2.24, 2.45) is 0 Å². The van der Waals surface area contributed by atoms with Gasteiger partial charge in [-0.15, -0.1) is 0 Å². The third-order valence-electron chi connectivity index (χ3n) is 4.97. The number of pyridine rings is 1. The number of hydrogen-bond donors (Lipinski definition) is 2. The Morgan fingerprint density at radius 1 is 1.35 bits per heavy atom. The van der Waals surface area contributed by atoms with E-state index < -0.39 is 18.3 Å². The van der Waals surface area contributed by atoms with Gasteiger partial charge in [0.25, 0.3) is 0 Å². The number of aromatic amines is 1. The molecule has 1 aliphatic heterocycles. The van der Waals surface area contributed by atoms with Gasteiger partial charge in [0, 0.05) is 41.3 Å². The first kappa shape index (κ1) is 19.1. The molecule has 1 fully saturated rings. The summed E-state index contributed by atoms with van der Waals surface area (Å²) in [5.41, 5.74) is 1.71. The summed E-state index contributed by atoms with van der Waals surface area (Å²) in [5.74, 6) is -0.101. The Morgan fingerprint density at radius 3 is 2.62 bits per heavy atom. The Morgan fingerprint density at radius 2 is 2.00 bits per heavy atom. The monoisotopic (exact) mass is 419 g/mol. The molecule has 3 rings (SSSR count). The van der Waals surface area contributed by atoms with E-state index in [-0.39, 0.29) is 5.91 Å². The molecule has 3 heterocycles. The number of carbonyl (C=O) groups is 1. The summed E-state index contributed by atoms with van der Waals surface area (Å²) in [7, 11) is -0.531. The summed E-state index contributed by atoms with van der Waals surface area (Å²) < 4.78 is 13.2. The van der Waals surface area contributed by atoms with Gasteiger partial charge >= 0.3 is 7.12 Å². The molecule has 2 aromatic rings. The molecule has 0 bridgehead atoms. The fraction of sp³-hybridized carbons (Fsp3) is 0.444. The van der Waals surface area contributed by atoms with E-state index in [0.717, 1.165) is 26.5 Å². The average Bonchev–Trinajstić information content (AvgIpc) is 3.01. The zero-order valence-electron chi connectivity index (χ0n) is 15.6. The van der Waals surface area contributed by atoms with Crippen molar-refractivity contribution in [2.75, 3.05) is 6.54 Å². The summed E-state index contributed by atoms with van der Waals surface area (Å²) in [6, 6.07) is 2.00. The number of H-pyrrole nitrogens is 1. The maximum atomic E-state index is 11.4. The molecule has 1 amide bonds. The van der Waals surface area contributed by atoms with Crippen LogP contribution in [0.2, 0.25) is 0 Å². The number of fused-ring (bicyclic) bond motifs is 1. The zero-order valence-corrected chi connectivity index (χ0v) is 17.2. The van der Waals surface area contributed by atoms with Crippen molar-refractivity contribution in [1.29, 1.82) is 0 Å². The molecule has 0 atom stereocenters. The zero-order chi connectivity index (χ0) is 19.1. The van der Waals surface area contributed by atoms with Crippen molar-refractivity contribution in [3.8, 4) is 0 Å². The van der Waals surface area contributed by atoms with E-state index in [1.807, 2.05) is 46.0 Å². The number of nitrogens with one attached hydrogen (secondary N) is 2. The summed E-state index contributed by atoms with van der Waals surface area (Å²) >= 11 is 3.46. The largest absolute Gasteiger partial charge is 0.492 e. The molecule has 1 saturated heterocycles. The van der Waals surface area contributed by atoms with Crippen molar-refractivity contribution in [2.45, 2.75) is 45.8 Å². The number of amides is 1. The van der Waals surface area contributed by atoms with Gasteiger partial charge in [-0.25, -0.2) is 4.98 Å². The Balaban J connectivity index is 1.99. The van der Waals surface area contributed by atoms with Crippen molar-refractivity contribution < 1.29 is 14.1 Å². The molecule has 2 N–H and O–H groups in total. The third-order valence-corrected chi connectivity index (χ3v) is 5.40. The lowest BCUT2D eigenvalue weighted by atomic mass is 9.77. The first-order valence-electron chi connectivity index (χ1n) is 8.52. The van der Waals surface area contributed by atoms with Gasteiger partial charge in [0.05, 0.1) is 11.2 Å². The van der Waals surface area contributed by atoms with Crippen LogP contribution in [0.25, 0.3) is 17.1 Å². The van der Waals surface area contributed by atoms with Gasteiger partial charge in [-0.2, -0.15) is 0 Å². The van der Waals surface area contributed by atoms with E-state index in [0.29, 0.717) is 6.54 Å². The molecule has 6 nitrogen and oxygen atoms in total. The fourth-order valence-corrected chi connectivity index (χ4v) is 3.07. The average molecular weight is 420 g/mol. The Bertz CT molecular complexity index is 860. The van der Waals surface area contributed by atoms with Crippen molar-refractivity contribution in [3.05, 3.63) is 34.0 Å². The van der Waals surface area contributed by atoms with E-state index in [9.17, 15) is 4.79 Å². The topological polar surface area (TPSA) is 76.2 Å². The van der Waals surface area contributed by atoms with Crippen LogP contribution in [0.15, 0.2) is 28.4 Å². The lowest BCUT2D eigenvalue weighted by Crippen LogP contribution is -2.41. The molecule has 0 saturated carbocycles. The Labute approximate surface area is 162 Å². The number of rotatable bonds is 4. The highest BCUT2D eigenvalue weighted by Gasteiger charge is 2.52. The second-order valence-electron chi connectivity index (χ2n) is 7.51. The molecule has 138 valence electrons. The van der Waals surface area contributed by atoms with Gasteiger partial charge in [-0.1, -0.05) is 6.08 Å². The maximum absolute atomic E-state index is 11.4. The van der Waals surface area contributed by atoms with Crippen LogP contribution in [0.5, 0.6) is 0 Å². The van der Waals surface area contributed by atoms with Crippen LogP contribution in [0, 0.1) is 0 Å². The highest BCUT2D eigenvalue weighted by Crippen LogP contribution is 2.39. The van der Waals surface area contributed by atoms with E-state index in [1.165, 1.54) is 6.92 Å². The SMILES string of the molecule is CC(=O)NCC(=Cc1c[nH]c2ncc(Br)cc12)B1OC(C)(C)C(C)(C)O1. The smallest absolute Gasteiger partial charge is 0.400 e. The van der Waals surface area contributed by atoms with Crippen molar-refractivity contribution in [3.63, 3.8) is 0 Å². The van der Waals surface area contributed by atoms with Gasteiger partial charge < -0.3 is 19.6 Å². The molecule has 0 aromatic carbocycles. The predicted molar refractivity (Wildman–Crippen MR) is 107 cm³/mol. The predicted octanol–water partition coefficient (Wildman–Crippen LogP) is 3.48. The first-order chi connectivity index (χ1) is 12.1. The minimum absolute atomic E-state index is 0.101. The lowest BCUT2D eigenvalue weighted by molar-refractivity contribution is -0.118. The van der Waals surface area contributed by atoms with Crippen LogP contribution in [0.4, 0.5) is 0 Å². The molecule has 0 spiro atoms. The van der Waals surface area contributed by atoms with E-state index in [2.05, 4.69) is 31.2 Å². The molecule has 2 aromatic heterocycles. The Hall–Kier alpha value is -1.64. The number of aromatic nitrogens is 2. The van der Waals surface area contributed by atoms with Crippen LogP contribution in [0.3, 0.4) is 0 Å². The second-order valence-corrected chi connectivity index (χ2v) is 8.43. The molecule has 0 unspecified atom stereocenters. The first-order valence-corrected chi connectivity index (χ1v) is 9.31. The minimum atomic E-state index is -0.531. The van der Waals surface area contributed by atoms with Gasteiger partial charge in [-0.05, 0) is 55.2 Å². The molecule has 0 aliphatic carbocycles. The van der Waals surface area contributed by atoms with Crippen molar-refractivity contribution >= 4 is 46.1 Å². The third kappa shape index (κ3) is 3.72. The number of carbonyl (C=O) groups excluding carboxylic acids is 1. The summed E-state index contributed by atoms with van der Waals surface area (Å²) in [6.07, 6.45) is 5.63. The summed E-state index contributed by atoms with van der Waals surface area (Å²) in [6.45, 7) is 9.88. The fourth-order valence-electron chi connectivity index (χ4n) is 2.74. The van der Waals surface area contributed by atoms with Crippen molar-refractivity contribution in [1.82, 2.24) is 15.3 Å². The standard InChI is InChI=1S/C18H23BBrN3O3/c1-11(24)21-9-13(19-25-17(2,3)18(4,5)26-19)6-12-8-22-16-15(12)7-14(20)10-23-16/h6-8,10H,9H2,1-5H3,(H,21,24)(H,22,23). The van der Waals surface area contributed by atoms with Crippen LogP contribution in [0.1, 0.15) is 40.2 Å². The van der Waals surface area contributed by atoms with Crippen LogP contribution >= 0.6 is 15.9 Å². The summed E-state index contributed by atoms with van der Waals surface area (Å²) in [5, 5.41) is 3.83. The van der Waals surface area contributed by atoms with Gasteiger partial charge in [0.1, 0.15) is 5.65 Å². The highest BCUT2D eigenvalue weighted by atomic mass is 79.9.